The first-order valence-electron chi connectivity index (χ1n) is 9.53. The fourth-order valence-electron chi connectivity index (χ4n) is 3.56. The molecule has 4 rings (SSSR count). The predicted molar refractivity (Wildman–Crippen MR) is 115 cm³/mol. The summed E-state index contributed by atoms with van der Waals surface area (Å²) in [4.78, 5) is 15.0. The van der Waals surface area contributed by atoms with E-state index in [1.807, 2.05) is 31.3 Å². The highest BCUT2D eigenvalue weighted by Crippen LogP contribution is 2.31. The van der Waals surface area contributed by atoms with Crippen LogP contribution in [0.3, 0.4) is 0 Å². The molecule has 0 radical (unpaired) electrons. The maximum atomic E-state index is 13.3. The predicted octanol–water partition coefficient (Wildman–Crippen LogP) is 3.03. The Morgan fingerprint density at radius 3 is 2.14 bits per heavy atom. The van der Waals surface area contributed by atoms with E-state index in [4.69, 9.17) is 0 Å². The molecule has 0 atom stereocenters. The van der Waals surface area contributed by atoms with Gasteiger partial charge in [0.2, 0.25) is 10.0 Å². The Morgan fingerprint density at radius 2 is 1.45 bits per heavy atom. The summed E-state index contributed by atoms with van der Waals surface area (Å²) in [7, 11) is -1.63. The number of piperazine rings is 1. The highest BCUT2D eigenvalue weighted by atomic mass is 32.2. The first-order valence-corrected chi connectivity index (χ1v) is 11.0. The van der Waals surface area contributed by atoms with Crippen LogP contribution in [0.4, 0.5) is 5.69 Å². The minimum atomic E-state index is -3.62. The van der Waals surface area contributed by atoms with E-state index in [2.05, 4.69) is 10.2 Å². The van der Waals surface area contributed by atoms with Gasteiger partial charge in [-0.15, -0.1) is 0 Å². The molecule has 1 amide bonds. The maximum absolute atomic E-state index is 13.3. The van der Waals surface area contributed by atoms with E-state index in [0.29, 0.717) is 48.2 Å². The number of fused-ring (bicyclic) bond motifs is 1. The van der Waals surface area contributed by atoms with Crippen molar-refractivity contribution < 1.29 is 13.2 Å². The van der Waals surface area contributed by atoms with Gasteiger partial charge >= 0.3 is 0 Å². The van der Waals surface area contributed by atoms with Gasteiger partial charge in [0.05, 0.1) is 4.90 Å². The molecule has 0 saturated carbocycles. The molecule has 29 heavy (non-hydrogen) atoms. The van der Waals surface area contributed by atoms with Crippen LogP contribution in [-0.4, -0.2) is 56.8 Å². The number of carbonyl (C=O) groups excluding carboxylic acids is 1. The Bertz CT molecular complexity index is 1140. The lowest BCUT2D eigenvalue weighted by atomic mass is 10.1. The van der Waals surface area contributed by atoms with Crippen LogP contribution >= 0.6 is 0 Å². The normalized spacial score (nSPS) is 16.0. The fourth-order valence-corrected chi connectivity index (χ4v) is 5.18. The van der Waals surface area contributed by atoms with E-state index in [1.165, 1.54) is 4.31 Å². The summed E-state index contributed by atoms with van der Waals surface area (Å²) in [5, 5.41) is 4.22. The largest absolute Gasteiger partial charge is 0.321 e. The molecule has 1 fully saturated rings. The molecule has 1 aliphatic rings. The topological polar surface area (TPSA) is 69.7 Å². The standard InChI is InChI=1S/C22H23N3O3S/c1-24-13-15-25(16-14-24)29(27,28)21-12-11-20(18-9-5-6-10-19(18)21)23-22(26)17-7-3-2-4-8-17/h2-12H,13-16H2,1H3,(H,23,26). The number of likely N-dealkylation sites (N-methyl/N-ethyl adjacent to an activating group) is 1. The third-order valence-corrected chi connectivity index (χ3v) is 7.21. The summed E-state index contributed by atoms with van der Waals surface area (Å²) in [6.07, 6.45) is 0. The van der Waals surface area contributed by atoms with E-state index < -0.39 is 10.0 Å². The van der Waals surface area contributed by atoms with Crippen LogP contribution in [0.2, 0.25) is 0 Å². The molecule has 1 aliphatic heterocycles. The molecular weight excluding hydrogens is 386 g/mol. The van der Waals surface area contributed by atoms with E-state index >= 15 is 0 Å². The van der Waals surface area contributed by atoms with Crippen molar-refractivity contribution in [2.24, 2.45) is 0 Å². The van der Waals surface area contributed by atoms with Crippen LogP contribution in [0.5, 0.6) is 0 Å². The molecule has 150 valence electrons. The van der Waals surface area contributed by atoms with Gasteiger partial charge in [0.1, 0.15) is 0 Å². The number of amides is 1. The number of sulfonamides is 1. The molecule has 0 aromatic heterocycles. The van der Waals surface area contributed by atoms with Crippen LogP contribution in [0, 0.1) is 0 Å². The first kappa shape index (κ1) is 19.6. The lowest BCUT2D eigenvalue weighted by Gasteiger charge is -2.31. The Morgan fingerprint density at radius 1 is 0.828 bits per heavy atom. The van der Waals surface area contributed by atoms with Gasteiger partial charge in [-0.2, -0.15) is 4.31 Å². The number of nitrogens with one attached hydrogen (secondary N) is 1. The summed E-state index contributed by atoms with van der Waals surface area (Å²) < 4.78 is 28.1. The van der Waals surface area contributed by atoms with E-state index in [0.717, 1.165) is 0 Å². The molecule has 0 aliphatic carbocycles. The van der Waals surface area contributed by atoms with Gasteiger partial charge in [-0.05, 0) is 31.3 Å². The maximum Gasteiger partial charge on any atom is 0.255 e. The first-order chi connectivity index (χ1) is 14.0. The average Bonchev–Trinajstić information content (AvgIpc) is 2.74. The summed E-state index contributed by atoms with van der Waals surface area (Å²) >= 11 is 0. The van der Waals surface area contributed by atoms with Crippen LogP contribution in [0.25, 0.3) is 10.8 Å². The van der Waals surface area contributed by atoms with Crippen molar-refractivity contribution in [1.82, 2.24) is 9.21 Å². The van der Waals surface area contributed by atoms with Crippen molar-refractivity contribution in [3.8, 4) is 0 Å². The van der Waals surface area contributed by atoms with Crippen molar-refractivity contribution in [3.05, 3.63) is 72.3 Å². The van der Waals surface area contributed by atoms with Crippen LogP contribution in [0.1, 0.15) is 10.4 Å². The monoisotopic (exact) mass is 409 g/mol. The second kappa shape index (κ2) is 7.94. The number of hydrogen-bond acceptors (Lipinski definition) is 4. The second-order valence-electron chi connectivity index (χ2n) is 7.18. The number of rotatable bonds is 4. The van der Waals surface area contributed by atoms with Gasteiger partial charge in [-0.1, -0.05) is 42.5 Å². The zero-order chi connectivity index (χ0) is 20.4. The van der Waals surface area contributed by atoms with Gasteiger partial charge in [-0.25, -0.2) is 8.42 Å². The molecule has 7 heteroatoms. The highest BCUT2D eigenvalue weighted by Gasteiger charge is 2.29. The molecule has 0 spiro atoms. The summed E-state index contributed by atoms with van der Waals surface area (Å²) in [5.74, 6) is -0.231. The number of anilines is 1. The average molecular weight is 410 g/mol. The fraction of sp³-hybridized carbons (Fsp3) is 0.227. The Hall–Kier alpha value is -2.74. The molecular formula is C22H23N3O3S. The van der Waals surface area contributed by atoms with Crippen LogP contribution < -0.4 is 5.32 Å². The van der Waals surface area contributed by atoms with E-state index in [9.17, 15) is 13.2 Å². The smallest absolute Gasteiger partial charge is 0.255 e. The SMILES string of the molecule is CN1CCN(S(=O)(=O)c2ccc(NC(=O)c3ccccc3)c3ccccc23)CC1. The molecule has 3 aromatic rings. The summed E-state index contributed by atoms with van der Waals surface area (Å²) in [6.45, 7) is 2.37. The molecule has 0 unspecified atom stereocenters. The second-order valence-corrected chi connectivity index (χ2v) is 9.09. The molecule has 1 N–H and O–H groups in total. The van der Waals surface area contributed by atoms with Crippen molar-refractivity contribution in [1.29, 1.82) is 0 Å². The van der Waals surface area contributed by atoms with Gasteiger partial charge < -0.3 is 10.2 Å². The molecule has 0 bridgehead atoms. The minimum Gasteiger partial charge on any atom is -0.321 e. The number of hydrogen-bond donors (Lipinski definition) is 1. The number of nitrogens with zero attached hydrogens (tertiary/aromatic N) is 2. The number of benzene rings is 3. The van der Waals surface area contributed by atoms with Gasteiger partial charge in [-0.3, -0.25) is 4.79 Å². The molecule has 3 aromatic carbocycles. The quantitative estimate of drug-likeness (QED) is 0.719. The Balaban J connectivity index is 1.71. The lowest BCUT2D eigenvalue weighted by Crippen LogP contribution is -2.47. The number of carbonyl (C=O) groups is 1. The lowest BCUT2D eigenvalue weighted by molar-refractivity contribution is 0.102. The molecule has 1 saturated heterocycles. The third-order valence-electron chi connectivity index (χ3n) is 5.25. The van der Waals surface area contributed by atoms with Crippen LogP contribution in [-0.2, 0) is 10.0 Å². The van der Waals surface area contributed by atoms with Crippen LogP contribution in [0.15, 0.2) is 71.6 Å². The van der Waals surface area contributed by atoms with E-state index in [1.54, 1.807) is 42.5 Å². The van der Waals surface area contributed by atoms with Crippen molar-refractivity contribution >= 4 is 32.4 Å². The molecule has 6 nitrogen and oxygen atoms in total. The molecule has 1 heterocycles. The van der Waals surface area contributed by atoms with Crippen molar-refractivity contribution in [2.45, 2.75) is 4.90 Å². The highest BCUT2D eigenvalue weighted by molar-refractivity contribution is 7.89. The van der Waals surface area contributed by atoms with Crippen molar-refractivity contribution in [2.75, 3.05) is 38.5 Å². The minimum absolute atomic E-state index is 0.231. The van der Waals surface area contributed by atoms with Crippen molar-refractivity contribution in [3.63, 3.8) is 0 Å². The zero-order valence-corrected chi connectivity index (χ0v) is 17.0. The Labute approximate surface area is 170 Å². The van der Waals surface area contributed by atoms with Gasteiger partial charge in [0.15, 0.2) is 0 Å². The van der Waals surface area contributed by atoms with E-state index in [-0.39, 0.29) is 10.8 Å². The van der Waals surface area contributed by atoms with Gasteiger partial charge in [0.25, 0.3) is 5.91 Å². The zero-order valence-electron chi connectivity index (χ0n) is 16.2. The summed E-state index contributed by atoms with van der Waals surface area (Å²) in [5.41, 5.74) is 1.14. The summed E-state index contributed by atoms with van der Waals surface area (Å²) in [6, 6.07) is 19.5. The third kappa shape index (κ3) is 3.89. The Kier molecular flexibility index (Phi) is 5.36. The van der Waals surface area contributed by atoms with Gasteiger partial charge in [0, 0.05) is 48.2 Å².